The summed E-state index contributed by atoms with van der Waals surface area (Å²) in [5, 5.41) is 0. The Balaban J connectivity index is 3.17. The van der Waals surface area contributed by atoms with Crippen LogP contribution in [0.5, 0.6) is 0 Å². The molecule has 0 saturated carbocycles. The van der Waals surface area contributed by atoms with Gasteiger partial charge in [-0.15, -0.1) is 0 Å². The third-order valence-electron chi connectivity index (χ3n) is 0.906. The molecule has 2 N–H and O–H groups in total. The van der Waals surface area contributed by atoms with Gasteiger partial charge in [-0.2, -0.15) is 0 Å². The van der Waals surface area contributed by atoms with Crippen LogP contribution in [0.2, 0.25) is 0 Å². The molecule has 0 bridgehead atoms. The van der Waals surface area contributed by atoms with Crippen LogP contribution in [0.1, 0.15) is 5.69 Å². The van der Waals surface area contributed by atoms with Crippen molar-refractivity contribution >= 4 is 21.7 Å². The Hall–Kier alpha value is -0.640. The lowest BCUT2D eigenvalue weighted by molar-refractivity contribution is 1.09. The van der Waals surface area contributed by atoms with Gasteiger partial charge in [-0.25, -0.2) is 9.97 Å². The Morgan fingerprint density at radius 1 is 1.67 bits per heavy atom. The number of aryl methyl sites for hydroxylation is 1. The molecule has 0 aliphatic rings. The van der Waals surface area contributed by atoms with Crippen molar-refractivity contribution in [1.82, 2.24) is 9.97 Å². The zero-order valence-corrected chi connectivity index (χ0v) is 6.51. The van der Waals surface area contributed by atoms with Crippen molar-refractivity contribution in [3.05, 3.63) is 16.5 Å². The van der Waals surface area contributed by atoms with E-state index in [4.69, 9.17) is 5.73 Å². The van der Waals surface area contributed by atoms with Gasteiger partial charge in [0.05, 0.1) is 11.9 Å². The Morgan fingerprint density at radius 3 is 2.78 bits per heavy atom. The van der Waals surface area contributed by atoms with E-state index in [-0.39, 0.29) is 0 Å². The minimum Gasteiger partial charge on any atom is -0.382 e. The standard InChI is InChI=1S/C5H6BrN3/c1-3-5(6)8-2-4(7)9-3/h2H,1H3,(H2,7,9). The fourth-order valence-electron chi connectivity index (χ4n) is 0.485. The maximum atomic E-state index is 5.33. The van der Waals surface area contributed by atoms with Gasteiger partial charge < -0.3 is 5.73 Å². The van der Waals surface area contributed by atoms with Gasteiger partial charge >= 0.3 is 0 Å². The van der Waals surface area contributed by atoms with Crippen LogP contribution in [-0.4, -0.2) is 9.97 Å². The van der Waals surface area contributed by atoms with Crippen LogP contribution in [-0.2, 0) is 0 Å². The zero-order valence-electron chi connectivity index (χ0n) is 4.93. The van der Waals surface area contributed by atoms with Crippen LogP contribution in [0.4, 0.5) is 5.82 Å². The van der Waals surface area contributed by atoms with Crippen molar-refractivity contribution in [2.75, 3.05) is 5.73 Å². The number of hydrogen-bond acceptors (Lipinski definition) is 3. The van der Waals surface area contributed by atoms with Gasteiger partial charge in [0.25, 0.3) is 0 Å². The molecule has 1 aromatic heterocycles. The van der Waals surface area contributed by atoms with E-state index >= 15 is 0 Å². The molecule has 3 nitrogen and oxygen atoms in total. The molecule has 0 fully saturated rings. The summed E-state index contributed by atoms with van der Waals surface area (Å²) < 4.78 is 0.747. The molecule has 48 valence electrons. The molecule has 4 heteroatoms. The topological polar surface area (TPSA) is 51.8 Å². The van der Waals surface area contributed by atoms with E-state index in [9.17, 15) is 0 Å². The molecular formula is C5H6BrN3. The molecule has 0 amide bonds. The van der Waals surface area contributed by atoms with E-state index in [1.165, 1.54) is 6.20 Å². The van der Waals surface area contributed by atoms with Crippen molar-refractivity contribution in [2.45, 2.75) is 6.92 Å². The summed E-state index contributed by atoms with van der Waals surface area (Å²) in [6, 6.07) is 0. The molecule has 1 aromatic rings. The second-order valence-corrected chi connectivity index (χ2v) is 2.42. The summed E-state index contributed by atoms with van der Waals surface area (Å²) >= 11 is 3.20. The quantitative estimate of drug-likeness (QED) is 0.663. The molecule has 0 saturated heterocycles. The first-order valence-corrected chi connectivity index (χ1v) is 3.24. The minimum atomic E-state index is 0.454. The first-order valence-electron chi connectivity index (χ1n) is 2.45. The Morgan fingerprint density at radius 2 is 2.33 bits per heavy atom. The lowest BCUT2D eigenvalue weighted by atomic mass is 10.5. The Bertz CT molecular complexity index is 223. The van der Waals surface area contributed by atoms with Crippen LogP contribution < -0.4 is 5.73 Å². The maximum Gasteiger partial charge on any atom is 0.142 e. The summed E-state index contributed by atoms with van der Waals surface area (Å²) in [4.78, 5) is 7.85. The second kappa shape index (κ2) is 2.31. The average molecular weight is 188 g/mol. The number of aromatic nitrogens is 2. The first-order chi connectivity index (χ1) is 4.20. The Labute approximate surface area is 61.4 Å². The minimum absolute atomic E-state index is 0.454. The van der Waals surface area contributed by atoms with Crippen LogP contribution in [0.25, 0.3) is 0 Å². The molecule has 0 aromatic carbocycles. The summed E-state index contributed by atoms with van der Waals surface area (Å²) in [5.41, 5.74) is 6.15. The monoisotopic (exact) mass is 187 g/mol. The van der Waals surface area contributed by atoms with Gasteiger partial charge in [-0.05, 0) is 22.9 Å². The third kappa shape index (κ3) is 1.38. The van der Waals surface area contributed by atoms with Crippen molar-refractivity contribution in [1.29, 1.82) is 0 Å². The zero-order chi connectivity index (χ0) is 6.85. The van der Waals surface area contributed by atoms with E-state index in [1.54, 1.807) is 0 Å². The number of nitrogens with zero attached hydrogens (tertiary/aromatic N) is 2. The highest BCUT2D eigenvalue weighted by molar-refractivity contribution is 9.10. The molecule has 0 aliphatic heterocycles. The van der Waals surface area contributed by atoms with Crippen molar-refractivity contribution in [3.8, 4) is 0 Å². The predicted octanol–water partition coefficient (Wildman–Crippen LogP) is 1.13. The number of rotatable bonds is 0. The van der Waals surface area contributed by atoms with Gasteiger partial charge in [-0.1, -0.05) is 0 Å². The third-order valence-corrected chi connectivity index (χ3v) is 1.68. The van der Waals surface area contributed by atoms with Gasteiger partial charge in [0.1, 0.15) is 10.4 Å². The normalized spacial score (nSPS) is 9.56. The highest BCUT2D eigenvalue weighted by atomic mass is 79.9. The molecule has 0 spiro atoms. The van der Waals surface area contributed by atoms with Crippen LogP contribution >= 0.6 is 15.9 Å². The predicted molar refractivity (Wildman–Crippen MR) is 38.9 cm³/mol. The van der Waals surface area contributed by atoms with E-state index in [2.05, 4.69) is 25.9 Å². The number of anilines is 1. The molecule has 0 atom stereocenters. The molecule has 1 heterocycles. The van der Waals surface area contributed by atoms with Crippen molar-refractivity contribution < 1.29 is 0 Å². The van der Waals surface area contributed by atoms with E-state index in [0.717, 1.165) is 10.3 Å². The average Bonchev–Trinajstić information content (AvgIpc) is 1.80. The van der Waals surface area contributed by atoms with Gasteiger partial charge in [0.15, 0.2) is 0 Å². The molecule has 0 unspecified atom stereocenters. The summed E-state index contributed by atoms with van der Waals surface area (Å²) in [6.07, 6.45) is 1.51. The smallest absolute Gasteiger partial charge is 0.142 e. The van der Waals surface area contributed by atoms with Crippen LogP contribution in [0.15, 0.2) is 10.8 Å². The van der Waals surface area contributed by atoms with Crippen molar-refractivity contribution in [3.63, 3.8) is 0 Å². The van der Waals surface area contributed by atoms with Crippen molar-refractivity contribution in [2.24, 2.45) is 0 Å². The number of hydrogen-bond donors (Lipinski definition) is 1. The van der Waals surface area contributed by atoms with E-state index < -0.39 is 0 Å². The van der Waals surface area contributed by atoms with Gasteiger partial charge in [0, 0.05) is 0 Å². The molecular weight excluding hydrogens is 182 g/mol. The fraction of sp³-hybridized carbons (Fsp3) is 0.200. The van der Waals surface area contributed by atoms with Crippen LogP contribution in [0.3, 0.4) is 0 Å². The first kappa shape index (κ1) is 6.48. The molecule has 1 rings (SSSR count). The summed E-state index contributed by atoms with van der Waals surface area (Å²) in [5.74, 6) is 0.454. The second-order valence-electron chi connectivity index (χ2n) is 1.67. The lowest BCUT2D eigenvalue weighted by Crippen LogP contribution is -1.94. The number of nitrogens with two attached hydrogens (primary N) is 1. The summed E-state index contributed by atoms with van der Waals surface area (Å²) in [6.45, 7) is 1.84. The van der Waals surface area contributed by atoms with E-state index in [1.807, 2.05) is 6.92 Å². The van der Waals surface area contributed by atoms with E-state index in [0.29, 0.717) is 5.82 Å². The Kier molecular flexibility index (Phi) is 1.66. The summed E-state index contributed by atoms with van der Waals surface area (Å²) in [7, 11) is 0. The van der Waals surface area contributed by atoms with Crippen LogP contribution in [0, 0.1) is 6.92 Å². The lowest BCUT2D eigenvalue weighted by Gasteiger charge is -1.94. The largest absolute Gasteiger partial charge is 0.382 e. The van der Waals surface area contributed by atoms with Gasteiger partial charge in [-0.3, -0.25) is 0 Å². The molecule has 0 radical (unpaired) electrons. The molecule has 0 aliphatic carbocycles. The highest BCUT2D eigenvalue weighted by Crippen LogP contribution is 2.09. The number of nitrogen functional groups attached to an aromatic ring is 1. The number of halogens is 1. The highest BCUT2D eigenvalue weighted by Gasteiger charge is 1.94. The molecule has 9 heavy (non-hydrogen) atoms. The maximum absolute atomic E-state index is 5.33. The SMILES string of the molecule is Cc1nc(N)cnc1Br. The van der Waals surface area contributed by atoms with Gasteiger partial charge in [0.2, 0.25) is 0 Å². The fourth-order valence-corrected chi connectivity index (χ4v) is 0.676.